The molecule has 74 valence electrons. The molecule has 0 N–H and O–H groups in total. The van der Waals surface area contributed by atoms with E-state index in [9.17, 15) is 4.79 Å². The molecule has 0 radical (unpaired) electrons. The third-order valence-corrected chi connectivity index (χ3v) is 3.15. The Kier molecular flexibility index (Phi) is 2.74. The number of alkyl halides is 1. The van der Waals surface area contributed by atoms with Crippen LogP contribution in [0.1, 0.15) is 12.8 Å². The highest BCUT2D eigenvalue weighted by molar-refractivity contribution is 6.18. The summed E-state index contributed by atoms with van der Waals surface area (Å²) in [7, 11) is 0. The molecule has 3 nitrogen and oxygen atoms in total. The van der Waals surface area contributed by atoms with Gasteiger partial charge < -0.3 is 4.90 Å². The second-order valence-electron chi connectivity index (χ2n) is 3.77. The zero-order valence-corrected chi connectivity index (χ0v) is 8.46. The summed E-state index contributed by atoms with van der Waals surface area (Å²) >= 11 is 5.68. The lowest BCUT2D eigenvalue weighted by Crippen LogP contribution is -2.51. The van der Waals surface area contributed by atoms with Gasteiger partial charge in [0.1, 0.15) is 0 Å². The van der Waals surface area contributed by atoms with Gasteiger partial charge in [0.15, 0.2) is 0 Å². The number of hydrogen-bond donors (Lipinski definition) is 0. The monoisotopic (exact) mass is 202 g/mol. The molecule has 1 atom stereocenters. The summed E-state index contributed by atoms with van der Waals surface area (Å²) in [4.78, 5) is 15.7. The van der Waals surface area contributed by atoms with E-state index in [1.165, 1.54) is 0 Å². The van der Waals surface area contributed by atoms with E-state index in [4.69, 9.17) is 11.6 Å². The quantitative estimate of drug-likeness (QED) is 0.610. The average molecular weight is 203 g/mol. The summed E-state index contributed by atoms with van der Waals surface area (Å²) < 4.78 is 0. The van der Waals surface area contributed by atoms with E-state index >= 15 is 0 Å². The van der Waals surface area contributed by atoms with Gasteiger partial charge in [0.25, 0.3) is 0 Å². The van der Waals surface area contributed by atoms with Gasteiger partial charge in [-0.1, -0.05) is 0 Å². The number of hydrogen-bond acceptors (Lipinski definition) is 2. The van der Waals surface area contributed by atoms with Crippen LogP contribution in [0.3, 0.4) is 0 Å². The van der Waals surface area contributed by atoms with Gasteiger partial charge >= 0.3 is 0 Å². The van der Waals surface area contributed by atoms with Crippen molar-refractivity contribution in [1.29, 1.82) is 0 Å². The Bertz CT molecular complexity index is 210. The standard InChI is InChI=1S/C9H15ClN2O/c10-3-4-11-5-6-12-8(7-11)1-2-9(12)13/h8H,1-7H2. The van der Waals surface area contributed by atoms with Crippen molar-refractivity contribution in [3.63, 3.8) is 0 Å². The molecule has 0 bridgehead atoms. The molecule has 0 spiro atoms. The first-order valence-electron chi connectivity index (χ1n) is 4.89. The minimum absolute atomic E-state index is 0.343. The molecule has 4 heteroatoms. The average Bonchev–Trinajstić information content (AvgIpc) is 2.48. The molecule has 0 aromatic rings. The molecule has 13 heavy (non-hydrogen) atoms. The highest BCUT2D eigenvalue weighted by atomic mass is 35.5. The van der Waals surface area contributed by atoms with Gasteiger partial charge in [0.2, 0.25) is 5.91 Å². The van der Waals surface area contributed by atoms with Crippen molar-refractivity contribution in [2.75, 3.05) is 32.1 Å². The van der Waals surface area contributed by atoms with Crippen LogP contribution in [0.15, 0.2) is 0 Å². The van der Waals surface area contributed by atoms with Crippen molar-refractivity contribution in [2.45, 2.75) is 18.9 Å². The molecule has 0 aromatic carbocycles. The van der Waals surface area contributed by atoms with Crippen LogP contribution >= 0.6 is 11.6 Å². The molecule has 0 aliphatic carbocycles. The number of fused-ring (bicyclic) bond motifs is 1. The third-order valence-electron chi connectivity index (χ3n) is 2.98. The Morgan fingerprint density at radius 3 is 3.08 bits per heavy atom. The van der Waals surface area contributed by atoms with E-state index in [2.05, 4.69) is 4.90 Å². The van der Waals surface area contributed by atoms with Crippen molar-refractivity contribution in [3.05, 3.63) is 0 Å². The van der Waals surface area contributed by atoms with Gasteiger partial charge in [-0.2, -0.15) is 0 Å². The minimum Gasteiger partial charge on any atom is -0.337 e. The summed E-state index contributed by atoms with van der Waals surface area (Å²) in [6.45, 7) is 3.88. The molecule has 2 aliphatic heterocycles. The first-order chi connectivity index (χ1) is 6.31. The second kappa shape index (κ2) is 3.84. The molecule has 2 fully saturated rings. The Labute approximate surface area is 83.6 Å². The number of carbonyl (C=O) groups is 1. The van der Waals surface area contributed by atoms with E-state index in [-0.39, 0.29) is 0 Å². The summed E-state index contributed by atoms with van der Waals surface area (Å²) in [6, 6.07) is 0.476. The largest absolute Gasteiger partial charge is 0.337 e. The topological polar surface area (TPSA) is 23.6 Å². The van der Waals surface area contributed by atoms with Crippen molar-refractivity contribution in [2.24, 2.45) is 0 Å². The number of piperazine rings is 1. The number of nitrogens with zero attached hydrogens (tertiary/aromatic N) is 2. The molecule has 2 saturated heterocycles. The van der Waals surface area contributed by atoms with Crippen LogP contribution in [0.25, 0.3) is 0 Å². The van der Waals surface area contributed by atoms with Crippen LogP contribution in [0.2, 0.25) is 0 Å². The molecule has 2 aliphatic rings. The van der Waals surface area contributed by atoms with E-state index < -0.39 is 0 Å². The third kappa shape index (κ3) is 1.81. The maximum Gasteiger partial charge on any atom is 0.222 e. The smallest absolute Gasteiger partial charge is 0.222 e. The summed E-state index contributed by atoms with van der Waals surface area (Å²) in [6.07, 6.45) is 1.79. The molecular formula is C9H15ClN2O. The molecule has 0 aromatic heterocycles. The zero-order chi connectivity index (χ0) is 9.26. The Hall–Kier alpha value is -0.280. The lowest BCUT2D eigenvalue weighted by molar-refractivity contribution is -0.130. The highest BCUT2D eigenvalue weighted by Crippen LogP contribution is 2.22. The lowest BCUT2D eigenvalue weighted by Gasteiger charge is -2.37. The predicted molar refractivity (Wildman–Crippen MR) is 51.9 cm³/mol. The van der Waals surface area contributed by atoms with E-state index in [1.54, 1.807) is 0 Å². The number of halogens is 1. The molecule has 0 saturated carbocycles. The van der Waals surface area contributed by atoms with Crippen LogP contribution in [0.5, 0.6) is 0 Å². The van der Waals surface area contributed by atoms with Crippen LogP contribution in [-0.4, -0.2) is 53.8 Å². The fourth-order valence-electron chi connectivity index (χ4n) is 2.25. The van der Waals surface area contributed by atoms with Gasteiger partial charge in [-0.25, -0.2) is 0 Å². The summed E-state index contributed by atoms with van der Waals surface area (Å²) in [5, 5.41) is 0. The lowest BCUT2D eigenvalue weighted by atomic mass is 10.1. The maximum atomic E-state index is 11.4. The summed E-state index contributed by atoms with van der Waals surface area (Å²) in [5.74, 6) is 1.04. The minimum atomic E-state index is 0.343. The summed E-state index contributed by atoms with van der Waals surface area (Å²) in [5.41, 5.74) is 0. The first kappa shape index (κ1) is 9.28. The molecule has 1 amide bonds. The Morgan fingerprint density at radius 1 is 1.46 bits per heavy atom. The number of amides is 1. The van der Waals surface area contributed by atoms with Gasteiger partial charge in [0, 0.05) is 44.5 Å². The maximum absolute atomic E-state index is 11.4. The number of carbonyl (C=O) groups excluding carboxylic acids is 1. The molecular weight excluding hydrogens is 188 g/mol. The van der Waals surface area contributed by atoms with E-state index in [1.807, 2.05) is 4.90 Å². The van der Waals surface area contributed by atoms with Crippen molar-refractivity contribution >= 4 is 17.5 Å². The van der Waals surface area contributed by atoms with Crippen LogP contribution in [-0.2, 0) is 4.79 Å². The molecule has 1 unspecified atom stereocenters. The number of rotatable bonds is 2. The van der Waals surface area contributed by atoms with E-state index in [0.29, 0.717) is 17.8 Å². The van der Waals surface area contributed by atoms with Crippen LogP contribution < -0.4 is 0 Å². The van der Waals surface area contributed by atoms with E-state index in [0.717, 1.165) is 39.0 Å². The predicted octanol–water partition coefficient (Wildman–Crippen LogP) is 0.532. The highest BCUT2D eigenvalue weighted by Gasteiger charge is 2.34. The molecule has 2 heterocycles. The molecule has 2 rings (SSSR count). The normalized spacial score (nSPS) is 29.5. The van der Waals surface area contributed by atoms with Crippen LogP contribution in [0, 0.1) is 0 Å². The Balaban J connectivity index is 1.91. The van der Waals surface area contributed by atoms with Gasteiger partial charge in [-0.15, -0.1) is 11.6 Å². The Morgan fingerprint density at radius 2 is 2.31 bits per heavy atom. The van der Waals surface area contributed by atoms with Crippen molar-refractivity contribution in [3.8, 4) is 0 Å². The fraction of sp³-hybridized carbons (Fsp3) is 0.889. The zero-order valence-electron chi connectivity index (χ0n) is 7.71. The van der Waals surface area contributed by atoms with Crippen molar-refractivity contribution in [1.82, 2.24) is 9.80 Å². The van der Waals surface area contributed by atoms with Crippen molar-refractivity contribution < 1.29 is 4.79 Å². The first-order valence-corrected chi connectivity index (χ1v) is 5.42. The van der Waals surface area contributed by atoms with Gasteiger partial charge in [-0.3, -0.25) is 9.69 Å². The van der Waals surface area contributed by atoms with Crippen LogP contribution in [0.4, 0.5) is 0 Å². The SMILES string of the molecule is O=C1CCC2CN(CCCl)CCN12. The van der Waals surface area contributed by atoms with Gasteiger partial charge in [0.05, 0.1) is 0 Å². The fourth-order valence-corrected chi connectivity index (χ4v) is 2.49. The van der Waals surface area contributed by atoms with Gasteiger partial charge in [-0.05, 0) is 6.42 Å². The second-order valence-corrected chi connectivity index (χ2v) is 4.15.